The average Bonchev–Trinajstić information content (AvgIpc) is 2.79. The summed E-state index contributed by atoms with van der Waals surface area (Å²) < 4.78 is 0. The third-order valence-corrected chi connectivity index (χ3v) is 5.44. The molecule has 1 saturated heterocycles. The molecule has 2 unspecified atom stereocenters. The molecule has 0 spiro atoms. The minimum Gasteiger partial charge on any atom is -0.340 e. The summed E-state index contributed by atoms with van der Waals surface area (Å²) in [6, 6.07) is 4.38. The quantitative estimate of drug-likeness (QED) is 0.826. The number of fused-ring (bicyclic) bond motifs is 1. The minimum atomic E-state index is -0.821. The highest BCUT2D eigenvalue weighted by Gasteiger charge is 2.44. The summed E-state index contributed by atoms with van der Waals surface area (Å²) in [5.41, 5.74) is 7.61. The number of carbonyl (C=O) groups excluding carboxylic acids is 3. The summed E-state index contributed by atoms with van der Waals surface area (Å²) in [5, 5.41) is 0. The molecule has 6 heteroatoms. The number of rotatable bonds is 2. The fraction of sp³-hybridized carbons (Fsp3) is 0.526. The third kappa shape index (κ3) is 2.84. The fourth-order valence-electron chi connectivity index (χ4n) is 3.66. The van der Waals surface area contributed by atoms with Crippen molar-refractivity contribution in [2.75, 3.05) is 13.1 Å². The number of likely N-dealkylation sites (tertiary alicyclic amines) is 1. The van der Waals surface area contributed by atoms with Gasteiger partial charge in [0.15, 0.2) is 0 Å². The SMILES string of the molecule is Cc1ccc2c(c1)C(=O)N(C(C)C(=O)N1CCC(N)C(C)(C)C1)C2=O. The Hall–Kier alpha value is -2.21. The van der Waals surface area contributed by atoms with Gasteiger partial charge in [0, 0.05) is 19.1 Å². The summed E-state index contributed by atoms with van der Waals surface area (Å²) in [6.45, 7) is 8.64. The molecule has 0 radical (unpaired) electrons. The van der Waals surface area contributed by atoms with Gasteiger partial charge in [-0.1, -0.05) is 25.5 Å². The van der Waals surface area contributed by atoms with Crippen molar-refractivity contribution in [1.82, 2.24) is 9.80 Å². The van der Waals surface area contributed by atoms with Crippen molar-refractivity contribution in [3.63, 3.8) is 0 Å². The number of nitrogens with zero attached hydrogens (tertiary/aromatic N) is 2. The molecule has 1 fully saturated rings. The van der Waals surface area contributed by atoms with Crippen LogP contribution >= 0.6 is 0 Å². The summed E-state index contributed by atoms with van der Waals surface area (Å²) in [5.74, 6) is -0.988. The zero-order chi connectivity index (χ0) is 18.5. The molecular formula is C19H25N3O3. The van der Waals surface area contributed by atoms with Crippen LogP contribution in [0, 0.1) is 12.3 Å². The predicted octanol–water partition coefficient (Wildman–Crippen LogP) is 1.57. The monoisotopic (exact) mass is 343 g/mol. The maximum atomic E-state index is 12.9. The first-order valence-electron chi connectivity index (χ1n) is 8.66. The van der Waals surface area contributed by atoms with Gasteiger partial charge in [-0.15, -0.1) is 0 Å². The zero-order valence-corrected chi connectivity index (χ0v) is 15.2. The number of aryl methyl sites for hydroxylation is 1. The molecule has 2 N–H and O–H groups in total. The van der Waals surface area contributed by atoms with E-state index in [2.05, 4.69) is 0 Å². The van der Waals surface area contributed by atoms with Gasteiger partial charge in [0.2, 0.25) is 5.91 Å². The van der Waals surface area contributed by atoms with Gasteiger partial charge in [-0.25, -0.2) is 0 Å². The maximum absolute atomic E-state index is 12.9. The number of hydrogen-bond acceptors (Lipinski definition) is 4. The van der Waals surface area contributed by atoms with Crippen LogP contribution in [0.15, 0.2) is 18.2 Å². The molecule has 0 aromatic heterocycles. The lowest BCUT2D eigenvalue weighted by Crippen LogP contribution is -2.58. The second-order valence-electron chi connectivity index (χ2n) is 7.85. The van der Waals surface area contributed by atoms with E-state index in [1.807, 2.05) is 20.8 Å². The first-order chi connectivity index (χ1) is 11.6. The minimum absolute atomic E-state index is 0.0362. The molecule has 3 amide bonds. The van der Waals surface area contributed by atoms with Crippen molar-refractivity contribution in [2.24, 2.45) is 11.1 Å². The number of piperidine rings is 1. The van der Waals surface area contributed by atoms with Gasteiger partial charge in [-0.05, 0) is 37.8 Å². The van der Waals surface area contributed by atoms with Crippen LogP contribution in [0.4, 0.5) is 0 Å². The molecule has 1 aromatic carbocycles. The normalized spacial score (nSPS) is 23.6. The van der Waals surface area contributed by atoms with Crippen molar-refractivity contribution >= 4 is 17.7 Å². The number of carbonyl (C=O) groups is 3. The van der Waals surface area contributed by atoms with Gasteiger partial charge in [-0.2, -0.15) is 0 Å². The second-order valence-corrected chi connectivity index (χ2v) is 7.85. The van der Waals surface area contributed by atoms with Crippen molar-refractivity contribution in [2.45, 2.75) is 46.2 Å². The van der Waals surface area contributed by atoms with Crippen LogP contribution in [-0.4, -0.2) is 52.7 Å². The molecule has 134 valence electrons. The Balaban J connectivity index is 1.82. The van der Waals surface area contributed by atoms with Crippen LogP contribution in [-0.2, 0) is 4.79 Å². The number of benzene rings is 1. The molecule has 2 atom stereocenters. The molecule has 2 aliphatic heterocycles. The maximum Gasteiger partial charge on any atom is 0.262 e. The van der Waals surface area contributed by atoms with Crippen molar-refractivity contribution in [1.29, 1.82) is 0 Å². The van der Waals surface area contributed by atoms with Crippen molar-refractivity contribution in [3.8, 4) is 0 Å². The Labute approximate surface area is 148 Å². The van der Waals surface area contributed by atoms with Gasteiger partial charge in [-0.3, -0.25) is 19.3 Å². The Morgan fingerprint density at radius 1 is 1.24 bits per heavy atom. The third-order valence-electron chi connectivity index (χ3n) is 5.44. The summed E-state index contributed by atoms with van der Waals surface area (Å²) in [6.07, 6.45) is 0.715. The van der Waals surface area contributed by atoms with E-state index in [0.717, 1.165) is 10.5 Å². The number of amides is 3. The van der Waals surface area contributed by atoms with E-state index < -0.39 is 17.9 Å². The fourth-order valence-corrected chi connectivity index (χ4v) is 3.66. The van der Waals surface area contributed by atoms with Gasteiger partial charge in [0.25, 0.3) is 11.8 Å². The van der Waals surface area contributed by atoms with Gasteiger partial charge < -0.3 is 10.6 Å². The second kappa shape index (κ2) is 5.95. The van der Waals surface area contributed by atoms with Crippen LogP contribution in [0.3, 0.4) is 0 Å². The Morgan fingerprint density at radius 2 is 1.88 bits per heavy atom. The highest BCUT2D eigenvalue weighted by atomic mass is 16.2. The lowest BCUT2D eigenvalue weighted by Gasteiger charge is -2.43. The van der Waals surface area contributed by atoms with Crippen LogP contribution in [0.25, 0.3) is 0 Å². The van der Waals surface area contributed by atoms with E-state index in [4.69, 9.17) is 5.73 Å². The smallest absolute Gasteiger partial charge is 0.262 e. The Morgan fingerprint density at radius 3 is 2.52 bits per heavy atom. The number of hydrogen-bond donors (Lipinski definition) is 1. The lowest BCUT2D eigenvalue weighted by atomic mass is 9.79. The van der Waals surface area contributed by atoms with E-state index in [-0.39, 0.29) is 17.4 Å². The topological polar surface area (TPSA) is 83.7 Å². The highest BCUT2D eigenvalue weighted by Crippen LogP contribution is 2.30. The molecule has 0 aliphatic carbocycles. The van der Waals surface area contributed by atoms with E-state index >= 15 is 0 Å². The largest absolute Gasteiger partial charge is 0.340 e. The summed E-state index contributed by atoms with van der Waals surface area (Å²) in [4.78, 5) is 41.1. The molecular weight excluding hydrogens is 318 g/mol. The highest BCUT2D eigenvalue weighted by molar-refractivity contribution is 6.22. The van der Waals surface area contributed by atoms with E-state index in [0.29, 0.717) is 30.6 Å². The van der Waals surface area contributed by atoms with Crippen LogP contribution in [0.2, 0.25) is 0 Å². The zero-order valence-electron chi connectivity index (χ0n) is 15.2. The molecule has 0 saturated carbocycles. The summed E-state index contributed by atoms with van der Waals surface area (Å²) in [7, 11) is 0. The van der Waals surface area contributed by atoms with E-state index in [9.17, 15) is 14.4 Å². The van der Waals surface area contributed by atoms with Gasteiger partial charge >= 0.3 is 0 Å². The standard InChI is InChI=1S/C19H25N3O3/c1-11-5-6-13-14(9-11)18(25)22(17(13)24)12(2)16(23)21-8-7-15(20)19(3,4)10-21/h5-6,9,12,15H,7-8,10,20H2,1-4H3. The van der Waals surface area contributed by atoms with Crippen LogP contribution < -0.4 is 5.73 Å². The molecule has 2 heterocycles. The Kier molecular flexibility index (Phi) is 4.19. The van der Waals surface area contributed by atoms with Gasteiger partial charge in [0.05, 0.1) is 11.1 Å². The number of nitrogens with two attached hydrogens (primary N) is 1. The first kappa shape index (κ1) is 17.6. The molecule has 6 nitrogen and oxygen atoms in total. The molecule has 25 heavy (non-hydrogen) atoms. The van der Waals surface area contributed by atoms with Crippen molar-refractivity contribution < 1.29 is 14.4 Å². The van der Waals surface area contributed by atoms with E-state index in [1.165, 1.54) is 0 Å². The molecule has 1 aromatic rings. The molecule has 3 rings (SSSR count). The first-order valence-corrected chi connectivity index (χ1v) is 8.66. The van der Waals surface area contributed by atoms with Crippen molar-refractivity contribution in [3.05, 3.63) is 34.9 Å². The molecule has 2 aliphatic rings. The van der Waals surface area contributed by atoms with Crippen LogP contribution in [0.1, 0.15) is 53.5 Å². The number of imide groups is 1. The van der Waals surface area contributed by atoms with Crippen LogP contribution in [0.5, 0.6) is 0 Å². The summed E-state index contributed by atoms with van der Waals surface area (Å²) >= 11 is 0. The predicted molar refractivity (Wildman–Crippen MR) is 94.1 cm³/mol. The van der Waals surface area contributed by atoms with E-state index in [1.54, 1.807) is 30.0 Å². The average molecular weight is 343 g/mol. The molecule has 0 bridgehead atoms. The van der Waals surface area contributed by atoms with Gasteiger partial charge in [0.1, 0.15) is 6.04 Å². The lowest BCUT2D eigenvalue weighted by molar-refractivity contribution is -0.138. The Bertz CT molecular complexity index is 756.